The lowest BCUT2D eigenvalue weighted by molar-refractivity contribution is 0.626. The minimum Gasteiger partial charge on any atom is -0.398 e. The number of halogens is 3. The van der Waals surface area contributed by atoms with Gasteiger partial charge in [-0.2, -0.15) is 0 Å². The van der Waals surface area contributed by atoms with Crippen LogP contribution < -0.4 is 5.73 Å². The zero-order valence-corrected chi connectivity index (χ0v) is 8.13. The topological polar surface area (TPSA) is 26.0 Å². The summed E-state index contributed by atoms with van der Waals surface area (Å²) in [6, 6.07) is 1.31. The maximum Gasteiger partial charge on any atom is 0.143 e. The summed E-state index contributed by atoms with van der Waals surface area (Å²) in [5.74, 6) is -0.453. The number of rotatable bonds is 0. The molecule has 1 rings (SSSR count). The molecule has 2 N–H and O–H groups in total. The van der Waals surface area contributed by atoms with Crippen molar-refractivity contribution in [3.63, 3.8) is 0 Å². The predicted molar refractivity (Wildman–Crippen MR) is 48.3 cm³/mol. The molecular weight excluding hydrogens is 232 g/mol. The van der Waals surface area contributed by atoms with Crippen LogP contribution in [-0.4, -0.2) is 0 Å². The molecule has 0 aliphatic carbocycles. The molecule has 0 saturated heterocycles. The van der Waals surface area contributed by atoms with Gasteiger partial charge in [-0.3, -0.25) is 0 Å². The Labute approximate surface area is 77.5 Å². The summed E-state index contributed by atoms with van der Waals surface area (Å²) in [6.07, 6.45) is 0. The Bertz CT molecular complexity index is 275. The van der Waals surface area contributed by atoms with E-state index in [4.69, 9.17) is 17.3 Å². The molecule has 4 heteroatoms. The van der Waals surface area contributed by atoms with Crippen molar-refractivity contribution >= 4 is 33.2 Å². The van der Waals surface area contributed by atoms with Crippen molar-refractivity contribution < 1.29 is 4.39 Å². The van der Waals surface area contributed by atoms with Crippen LogP contribution in [0.3, 0.4) is 0 Å². The van der Waals surface area contributed by atoms with Crippen LogP contribution >= 0.6 is 27.5 Å². The summed E-state index contributed by atoms with van der Waals surface area (Å²) in [6.45, 7) is 1.72. The van der Waals surface area contributed by atoms with E-state index in [-0.39, 0.29) is 5.02 Å². The van der Waals surface area contributed by atoms with Gasteiger partial charge in [-0.05, 0) is 34.5 Å². The predicted octanol–water partition coefficient (Wildman–Crippen LogP) is 3.13. The molecule has 1 aromatic rings. The Balaban J connectivity index is 3.46. The number of hydrogen-bond donors (Lipinski definition) is 1. The first-order valence-electron chi connectivity index (χ1n) is 2.93. The maximum atomic E-state index is 12.8. The largest absolute Gasteiger partial charge is 0.398 e. The second kappa shape index (κ2) is 2.99. The van der Waals surface area contributed by atoms with Gasteiger partial charge in [0.05, 0.1) is 15.2 Å². The van der Waals surface area contributed by atoms with E-state index in [0.717, 1.165) is 0 Å². The van der Waals surface area contributed by atoms with Crippen LogP contribution in [0.15, 0.2) is 10.5 Å². The smallest absolute Gasteiger partial charge is 0.143 e. The van der Waals surface area contributed by atoms with Crippen LogP contribution in [0.2, 0.25) is 5.02 Å². The monoisotopic (exact) mass is 237 g/mol. The number of nitrogens with two attached hydrogens (primary N) is 1. The van der Waals surface area contributed by atoms with Gasteiger partial charge < -0.3 is 5.73 Å². The molecule has 0 aliphatic rings. The van der Waals surface area contributed by atoms with E-state index in [1.165, 1.54) is 6.07 Å². The van der Waals surface area contributed by atoms with Crippen LogP contribution in [0.5, 0.6) is 0 Å². The van der Waals surface area contributed by atoms with Gasteiger partial charge >= 0.3 is 0 Å². The van der Waals surface area contributed by atoms with E-state index < -0.39 is 5.82 Å². The first-order valence-corrected chi connectivity index (χ1v) is 4.10. The van der Waals surface area contributed by atoms with Crippen molar-refractivity contribution in [2.75, 3.05) is 5.73 Å². The fraction of sp³-hybridized carbons (Fsp3) is 0.143. The van der Waals surface area contributed by atoms with Crippen LogP contribution in [0.4, 0.5) is 10.1 Å². The van der Waals surface area contributed by atoms with Crippen molar-refractivity contribution in [2.24, 2.45) is 0 Å². The summed E-state index contributed by atoms with van der Waals surface area (Å²) in [5, 5.41) is 0.0353. The minimum absolute atomic E-state index is 0.0353. The summed E-state index contributed by atoms with van der Waals surface area (Å²) < 4.78 is 13.2. The van der Waals surface area contributed by atoms with Crippen molar-refractivity contribution in [1.82, 2.24) is 0 Å². The Hall–Kier alpha value is -0.280. The SMILES string of the molecule is Cc1cc(F)c(Cl)c(Br)c1N. The highest BCUT2D eigenvalue weighted by Gasteiger charge is 2.09. The third-order valence-corrected chi connectivity index (χ3v) is 2.83. The van der Waals surface area contributed by atoms with E-state index in [1.807, 2.05) is 0 Å². The van der Waals surface area contributed by atoms with E-state index in [0.29, 0.717) is 15.7 Å². The van der Waals surface area contributed by atoms with Crippen molar-refractivity contribution in [1.29, 1.82) is 0 Å². The average molecular weight is 238 g/mol. The van der Waals surface area contributed by atoms with Crippen molar-refractivity contribution in [2.45, 2.75) is 6.92 Å². The molecule has 60 valence electrons. The number of nitrogen functional groups attached to an aromatic ring is 1. The number of aryl methyl sites for hydroxylation is 1. The van der Waals surface area contributed by atoms with Crippen LogP contribution in [0.1, 0.15) is 5.56 Å². The third kappa shape index (κ3) is 1.49. The molecule has 0 radical (unpaired) electrons. The zero-order chi connectivity index (χ0) is 8.59. The maximum absolute atomic E-state index is 12.8. The van der Waals surface area contributed by atoms with Gasteiger partial charge in [-0.25, -0.2) is 4.39 Å². The third-order valence-electron chi connectivity index (χ3n) is 1.41. The minimum atomic E-state index is -0.453. The summed E-state index contributed by atoms with van der Waals surface area (Å²) in [4.78, 5) is 0. The quantitative estimate of drug-likeness (QED) is 0.545. The summed E-state index contributed by atoms with van der Waals surface area (Å²) >= 11 is 8.64. The van der Waals surface area contributed by atoms with Gasteiger partial charge in [0, 0.05) is 0 Å². The van der Waals surface area contributed by atoms with Gasteiger partial charge in [0.2, 0.25) is 0 Å². The molecule has 0 saturated carbocycles. The van der Waals surface area contributed by atoms with Crippen LogP contribution in [0.25, 0.3) is 0 Å². The van der Waals surface area contributed by atoms with Crippen LogP contribution in [0, 0.1) is 12.7 Å². The van der Waals surface area contributed by atoms with E-state index >= 15 is 0 Å². The summed E-state index contributed by atoms with van der Waals surface area (Å²) in [5.41, 5.74) is 6.72. The molecule has 1 aromatic carbocycles. The molecule has 0 bridgehead atoms. The molecule has 0 heterocycles. The normalized spacial score (nSPS) is 10.2. The Morgan fingerprint density at radius 2 is 2.18 bits per heavy atom. The molecule has 0 spiro atoms. The highest BCUT2D eigenvalue weighted by Crippen LogP contribution is 2.32. The molecule has 0 atom stereocenters. The van der Waals surface area contributed by atoms with E-state index in [1.54, 1.807) is 6.92 Å². The lowest BCUT2D eigenvalue weighted by Gasteiger charge is -2.04. The highest BCUT2D eigenvalue weighted by atomic mass is 79.9. The molecule has 11 heavy (non-hydrogen) atoms. The molecule has 0 unspecified atom stereocenters. The fourth-order valence-electron chi connectivity index (χ4n) is 0.727. The van der Waals surface area contributed by atoms with Crippen molar-refractivity contribution in [3.8, 4) is 0 Å². The lowest BCUT2D eigenvalue weighted by atomic mass is 10.2. The van der Waals surface area contributed by atoms with Crippen LogP contribution in [-0.2, 0) is 0 Å². The zero-order valence-electron chi connectivity index (χ0n) is 5.79. The second-order valence-corrected chi connectivity index (χ2v) is 3.39. The van der Waals surface area contributed by atoms with Gasteiger partial charge in [-0.1, -0.05) is 11.6 Å². The molecule has 0 fully saturated rings. The fourth-order valence-corrected chi connectivity index (χ4v) is 1.39. The number of hydrogen-bond acceptors (Lipinski definition) is 1. The second-order valence-electron chi connectivity index (χ2n) is 2.22. The van der Waals surface area contributed by atoms with Crippen molar-refractivity contribution in [3.05, 3.63) is 26.9 Å². The van der Waals surface area contributed by atoms with E-state index in [2.05, 4.69) is 15.9 Å². The molecule has 0 amide bonds. The number of benzene rings is 1. The van der Waals surface area contributed by atoms with Gasteiger partial charge in [-0.15, -0.1) is 0 Å². The Morgan fingerprint density at radius 3 is 2.73 bits per heavy atom. The highest BCUT2D eigenvalue weighted by molar-refractivity contribution is 9.10. The molecular formula is C7H6BrClFN. The standard InChI is InChI=1S/C7H6BrClFN/c1-3-2-4(10)6(9)5(8)7(3)11/h2H,11H2,1H3. The molecule has 1 nitrogen and oxygen atoms in total. The first-order chi connectivity index (χ1) is 5.04. The molecule has 0 aliphatic heterocycles. The van der Waals surface area contributed by atoms with Gasteiger partial charge in [0.25, 0.3) is 0 Å². The van der Waals surface area contributed by atoms with E-state index in [9.17, 15) is 4.39 Å². The van der Waals surface area contributed by atoms with Gasteiger partial charge in [0.1, 0.15) is 5.82 Å². The van der Waals surface area contributed by atoms with Gasteiger partial charge in [0.15, 0.2) is 0 Å². The summed E-state index contributed by atoms with van der Waals surface area (Å²) in [7, 11) is 0. The Kier molecular flexibility index (Phi) is 2.40. The first kappa shape index (κ1) is 8.81. The molecule has 0 aromatic heterocycles. The Morgan fingerprint density at radius 1 is 1.64 bits per heavy atom. The number of anilines is 1. The average Bonchev–Trinajstić information content (AvgIpc) is 1.97. The lowest BCUT2D eigenvalue weighted by Crippen LogP contribution is -1.93.